The van der Waals surface area contributed by atoms with E-state index in [0.717, 1.165) is 40.0 Å². The summed E-state index contributed by atoms with van der Waals surface area (Å²) in [4.78, 5) is 12.9. The summed E-state index contributed by atoms with van der Waals surface area (Å²) >= 11 is 1.71. The number of thiophene rings is 1. The Labute approximate surface area is 242 Å². The van der Waals surface area contributed by atoms with Gasteiger partial charge in [-0.2, -0.15) is 0 Å². The van der Waals surface area contributed by atoms with Gasteiger partial charge in [-0.1, -0.05) is 89.8 Å². The average Bonchev–Trinajstić information content (AvgIpc) is 3.54. The molecule has 0 aliphatic carbocycles. The van der Waals surface area contributed by atoms with Gasteiger partial charge in [-0.25, -0.2) is 4.39 Å². The highest BCUT2D eigenvalue weighted by Gasteiger charge is 2.19. The summed E-state index contributed by atoms with van der Waals surface area (Å²) in [7, 11) is 0. The minimum absolute atomic E-state index is 0.0362. The largest absolute Gasteiger partial charge is 0.326 e. The Morgan fingerprint density at radius 2 is 1.64 bits per heavy atom. The van der Waals surface area contributed by atoms with E-state index < -0.39 is 6.17 Å². The number of halogens is 1. The molecule has 2 heterocycles. The first kappa shape index (κ1) is 34.6. The van der Waals surface area contributed by atoms with Crippen LogP contribution in [0.2, 0.25) is 0 Å². The van der Waals surface area contributed by atoms with Gasteiger partial charge in [0.15, 0.2) is 0 Å². The molecule has 3 rings (SSSR count). The second-order valence-electron chi connectivity index (χ2n) is 10.4. The maximum Gasteiger partial charge on any atom is 0.228 e. The molecule has 0 radical (unpaired) electrons. The van der Waals surface area contributed by atoms with Crippen molar-refractivity contribution in [2.45, 2.75) is 118 Å². The number of alkyl halides is 1. The van der Waals surface area contributed by atoms with Crippen molar-refractivity contribution in [2.75, 3.05) is 5.32 Å². The number of amides is 1. The molecule has 1 amide bonds. The number of benzene rings is 1. The van der Waals surface area contributed by atoms with Gasteiger partial charge < -0.3 is 5.32 Å². The minimum Gasteiger partial charge on any atom is -0.326 e. The van der Waals surface area contributed by atoms with Gasteiger partial charge in [-0.15, -0.1) is 24.5 Å². The normalized spacial score (nSPS) is 12.9. The Bertz CT molecular complexity index is 1050. The van der Waals surface area contributed by atoms with Crippen LogP contribution in [0.4, 0.5) is 10.1 Å². The van der Waals surface area contributed by atoms with Crippen LogP contribution in [-0.4, -0.2) is 12.1 Å². The van der Waals surface area contributed by atoms with Crippen molar-refractivity contribution in [1.82, 2.24) is 0 Å². The van der Waals surface area contributed by atoms with E-state index in [9.17, 15) is 9.18 Å². The van der Waals surface area contributed by atoms with E-state index in [-0.39, 0.29) is 5.91 Å². The second-order valence-corrected chi connectivity index (χ2v) is 11.3. The van der Waals surface area contributed by atoms with Crippen molar-refractivity contribution in [2.24, 2.45) is 0 Å². The fraction of sp³-hybridized carbons (Fsp3) is 0.514. The van der Waals surface area contributed by atoms with Crippen LogP contribution < -0.4 is 5.32 Å². The fourth-order valence-electron chi connectivity index (χ4n) is 4.70. The van der Waals surface area contributed by atoms with E-state index in [4.69, 9.17) is 0 Å². The van der Waals surface area contributed by atoms with E-state index in [0.29, 0.717) is 12.8 Å². The van der Waals surface area contributed by atoms with E-state index in [1.54, 1.807) is 18.3 Å². The summed E-state index contributed by atoms with van der Waals surface area (Å²) in [6.07, 6.45) is 14.5. The number of unbranched alkanes of at least 4 members (excludes halogenated alkanes) is 7. The van der Waals surface area contributed by atoms with Crippen molar-refractivity contribution in [3.63, 3.8) is 0 Å². The number of carbonyl (C=O) groups excluding carboxylic acids is 1. The molecule has 2 aromatic rings. The van der Waals surface area contributed by atoms with Crippen molar-refractivity contribution in [1.29, 1.82) is 0 Å². The molecule has 0 spiro atoms. The Morgan fingerprint density at radius 3 is 2.18 bits per heavy atom. The van der Waals surface area contributed by atoms with E-state index in [2.05, 4.69) is 56.8 Å². The van der Waals surface area contributed by atoms with Crippen LogP contribution in [0.3, 0.4) is 0 Å². The van der Waals surface area contributed by atoms with E-state index in [1.165, 1.54) is 61.8 Å². The number of hydrogen-bond acceptors (Lipinski definition) is 2. The molecule has 1 N–H and O–H groups in total. The molecule has 1 atom stereocenters. The molecule has 216 valence electrons. The highest BCUT2D eigenvalue weighted by Crippen LogP contribution is 2.37. The molecule has 39 heavy (non-hydrogen) atoms. The molecule has 1 aliphatic heterocycles. The highest BCUT2D eigenvalue weighted by molar-refractivity contribution is 7.11. The van der Waals surface area contributed by atoms with Crippen molar-refractivity contribution in [3.05, 3.63) is 75.5 Å². The molecule has 0 bridgehead atoms. The zero-order valence-electron chi connectivity index (χ0n) is 25.4. The lowest BCUT2D eigenvalue weighted by atomic mass is 9.91. The Kier molecular flexibility index (Phi) is 17.4. The molecule has 1 aromatic carbocycles. The monoisotopic (exact) mass is 553 g/mol. The summed E-state index contributed by atoms with van der Waals surface area (Å²) in [5, 5.41) is 5.02. The minimum atomic E-state index is -0.900. The topological polar surface area (TPSA) is 29.1 Å². The quantitative estimate of drug-likeness (QED) is 0.149. The van der Waals surface area contributed by atoms with Crippen LogP contribution in [0, 0.1) is 0 Å². The average molecular weight is 554 g/mol. The number of aryl methyl sites for hydroxylation is 1. The lowest BCUT2D eigenvalue weighted by Gasteiger charge is -2.17. The van der Waals surface area contributed by atoms with Gasteiger partial charge in [0, 0.05) is 17.0 Å². The summed E-state index contributed by atoms with van der Waals surface area (Å²) in [6.45, 7) is 18.4. The molecule has 0 saturated carbocycles. The number of anilines is 1. The molecule has 1 aromatic heterocycles. The van der Waals surface area contributed by atoms with Crippen LogP contribution >= 0.6 is 11.3 Å². The van der Waals surface area contributed by atoms with Crippen LogP contribution in [-0.2, 0) is 17.6 Å². The zero-order valence-corrected chi connectivity index (χ0v) is 26.2. The predicted octanol–water partition coefficient (Wildman–Crippen LogP) is 11.4. The second kappa shape index (κ2) is 19.6. The third kappa shape index (κ3) is 12.1. The number of nitrogens with one attached hydrogen (secondary N) is 1. The van der Waals surface area contributed by atoms with Gasteiger partial charge in [0.25, 0.3) is 0 Å². The van der Waals surface area contributed by atoms with Crippen molar-refractivity contribution < 1.29 is 9.18 Å². The van der Waals surface area contributed by atoms with Crippen molar-refractivity contribution in [3.8, 4) is 0 Å². The van der Waals surface area contributed by atoms with Crippen LogP contribution in [0.1, 0.15) is 121 Å². The maximum atomic E-state index is 14.0. The summed E-state index contributed by atoms with van der Waals surface area (Å²) < 4.78 is 14.0. The molecule has 2 nitrogen and oxygen atoms in total. The Hall–Kier alpha value is -2.46. The van der Waals surface area contributed by atoms with Crippen LogP contribution in [0.15, 0.2) is 53.9 Å². The number of rotatable bonds is 13. The van der Waals surface area contributed by atoms with Gasteiger partial charge in [-0.05, 0) is 78.6 Å². The van der Waals surface area contributed by atoms with Gasteiger partial charge in [0.05, 0.1) is 6.42 Å². The van der Waals surface area contributed by atoms with Crippen LogP contribution in [0.5, 0.6) is 0 Å². The SMILES string of the molecule is C=C.CCCCCCCCCC.CCc1ccsc1/C(=C\c1ccc2c(c1)NC(=O)C2)C(CC(C)F)=C(C)C. The molecule has 0 fully saturated rings. The fourth-order valence-corrected chi connectivity index (χ4v) is 5.74. The molecular formula is C35H52FNOS. The van der Waals surface area contributed by atoms with Gasteiger partial charge in [0.2, 0.25) is 5.91 Å². The zero-order chi connectivity index (χ0) is 29.2. The van der Waals surface area contributed by atoms with Gasteiger partial charge in [0.1, 0.15) is 6.17 Å². The van der Waals surface area contributed by atoms with Crippen LogP contribution in [0.25, 0.3) is 11.6 Å². The summed E-state index contributed by atoms with van der Waals surface area (Å²) in [6, 6.07) is 8.21. The first-order valence-electron chi connectivity index (χ1n) is 14.8. The van der Waals surface area contributed by atoms with E-state index >= 15 is 0 Å². The number of carbonyl (C=O) groups is 1. The highest BCUT2D eigenvalue weighted by atomic mass is 32.1. The smallest absolute Gasteiger partial charge is 0.228 e. The standard InChI is InChI=1S/C23H26FNOS.C10H22.C2H4/c1-5-17-8-9-27-23(17)20(19(14(2)3)10-15(4)24)11-16-6-7-18-13-22(26)25-21(18)12-16;1-3-5-7-9-10-8-6-4-2;1-2/h6-9,11-12,15H,5,10,13H2,1-4H3,(H,25,26);3-10H2,1-2H3;1-2H2/b20-11-;;. The molecular weight excluding hydrogens is 501 g/mol. The van der Waals surface area contributed by atoms with Gasteiger partial charge in [-0.3, -0.25) is 4.79 Å². The first-order valence-corrected chi connectivity index (χ1v) is 15.7. The molecule has 4 heteroatoms. The third-order valence-corrected chi connectivity index (χ3v) is 7.80. The Morgan fingerprint density at radius 1 is 1.03 bits per heavy atom. The predicted molar refractivity (Wildman–Crippen MR) is 173 cm³/mol. The number of allylic oxidation sites excluding steroid dienone is 3. The molecule has 1 aliphatic rings. The number of fused-ring (bicyclic) bond motifs is 1. The molecule has 1 unspecified atom stereocenters. The van der Waals surface area contributed by atoms with Crippen molar-refractivity contribution >= 4 is 34.6 Å². The Balaban J connectivity index is 0.000000537. The van der Waals surface area contributed by atoms with Gasteiger partial charge >= 0.3 is 0 Å². The lowest BCUT2D eigenvalue weighted by molar-refractivity contribution is -0.115. The number of hydrogen-bond donors (Lipinski definition) is 1. The molecule has 0 saturated heterocycles. The third-order valence-electron chi connectivity index (χ3n) is 6.81. The first-order chi connectivity index (χ1) is 18.8. The maximum absolute atomic E-state index is 14.0. The summed E-state index contributed by atoms with van der Waals surface area (Å²) in [5.41, 5.74) is 7.51. The summed E-state index contributed by atoms with van der Waals surface area (Å²) in [5.74, 6) is 0.0362. The lowest BCUT2D eigenvalue weighted by Crippen LogP contribution is -2.03. The van der Waals surface area contributed by atoms with E-state index in [1.807, 2.05) is 32.0 Å².